The molecule has 2 atom stereocenters. The first-order valence-electron chi connectivity index (χ1n) is 7.75. The third-order valence-electron chi connectivity index (χ3n) is 4.17. The lowest BCUT2D eigenvalue weighted by Crippen LogP contribution is -2.38. The molecule has 0 saturated carbocycles. The van der Waals surface area contributed by atoms with E-state index in [1.54, 1.807) is 7.05 Å². The summed E-state index contributed by atoms with van der Waals surface area (Å²) in [5.74, 6) is 0.0674. The molecule has 1 aliphatic heterocycles. The van der Waals surface area contributed by atoms with Gasteiger partial charge in [-0.2, -0.15) is 0 Å². The van der Waals surface area contributed by atoms with Crippen molar-refractivity contribution < 1.29 is 9.59 Å². The summed E-state index contributed by atoms with van der Waals surface area (Å²) in [6, 6.07) is 9.53. The van der Waals surface area contributed by atoms with E-state index in [4.69, 9.17) is 0 Å². The second-order valence-electron chi connectivity index (χ2n) is 5.77. The number of nitrogens with one attached hydrogen (secondary N) is 1. The number of imide groups is 1. The Kier molecular flexibility index (Phi) is 5.37. The first-order chi connectivity index (χ1) is 10.1. The van der Waals surface area contributed by atoms with Crippen LogP contribution in [0.15, 0.2) is 30.3 Å². The summed E-state index contributed by atoms with van der Waals surface area (Å²) in [7, 11) is 1.54. The minimum Gasteiger partial charge on any atom is -0.326 e. The van der Waals surface area contributed by atoms with Crippen LogP contribution in [0.2, 0.25) is 0 Å². The number of urea groups is 1. The number of benzene rings is 1. The van der Waals surface area contributed by atoms with Crippen LogP contribution in [0.4, 0.5) is 4.79 Å². The van der Waals surface area contributed by atoms with Gasteiger partial charge in [0.05, 0.1) is 0 Å². The van der Waals surface area contributed by atoms with Crippen molar-refractivity contribution in [3.8, 4) is 0 Å². The van der Waals surface area contributed by atoms with Crippen molar-refractivity contribution in [2.75, 3.05) is 7.05 Å². The van der Waals surface area contributed by atoms with E-state index >= 15 is 0 Å². The smallest absolute Gasteiger partial charge is 0.324 e. The van der Waals surface area contributed by atoms with Gasteiger partial charge in [-0.15, -0.1) is 0 Å². The summed E-state index contributed by atoms with van der Waals surface area (Å²) in [5, 5.41) is 2.84. The second-order valence-corrected chi connectivity index (χ2v) is 5.77. The van der Waals surface area contributed by atoms with Gasteiger partial charge >= 0.3 is 6.03 Å². The lowest BCUT2D eigenvalue weighted by Gasteiger charge is -2.22. The van der Waals surface area contributed by atoms with E-state index in [2.05, 4.69) is 24.4 Å². The molecule has 114 valence electrons. The molecule has 4 heteroatoms. The zero-order valence-corrected chi connectivity index (χ0v) is 12.8. The van der Waals surface area contributed by atoms with Gasteiger partial charge in [0.1, 0.15) is 6.04 Å². The summed E-state index contributed by atoms with van der Waals surface area (Å²) < 4.78 is 0. The van der Waals surface area contributed by atoms with Crippen molar-refractivity contribution in [2.45, 2.75) is 45.1 Å². The van der Waals surface area contributed by atoms with Crippen LogP contribution >= 0.6 is 0 Å². The molecular weight excluding hydrogens is 264 g/mol. The zero-order valence-electron chi connectivity index (χ0n) is 12.8. The molecule has 0 bridgehead atoms. The number of amides is 3. The normalized spacial score (nSPS) is 19.7. The number of nitrogens with zero attached hydrogens (tertiary/aromatic N) is 1. The number of likely N-dealkylation sites (N-methyl/N-ethyl adjacent to an activating group) is 1. The minimum atomic E-state index is -0.375. The van der Waals surface area contributed by atoms with E-state index in [0.717, 1.165) is 32.1 Å². The maximum Gasteiger partial charge on any atom is 0.324 e. The summed E-state index contributed by atoms with van der Waals surface area (Å²) >= 11 is 0. The first-order valence-corrected chi connectivity index (χ1v) is 7.75. The first kappa shape index (κ1) is 15.5. The molecule has 1 heterocycles. The summed E-state index contributed by atoms with van der Waals surface area (Å²) in [6.45, 7) is 2.17. The molecule has 3 amide bonds. The minimum absolute atomic E-state index is 0.0996. The SMILES string of the molecule is CCCCCC(Cc1ccccc1)C1NC(=O)N(C)C1=O. The number of carbonyl (C=O) groups excluding carboxylic acids is 2. The standard InChI is InChI=1S/C17H24N2O2/c1-3-4-6-11-14(12-13-9-7-5-8-10-13)15-16(20)19(2)17(21)18-15/h5,7-10,14-15H,3-4,6,11-12H2,1-2H3,(H,18,21). The molecule has 1 aromatic carbocycles. The topological polar surface area (TPSA) is 49.4 Å². The van der Waals surface area contributed by atoms with Gasteiger partial charge in [0.15, 0.2) is 0 Å². The lowest BCUT2D eigenvalue weighted by molar-refractivity contribution is -0.127. The van der Waals surface area contributed by atoms with Crippen LogP contribution in [0.5, 0.6) is 0 Å². The lowest BCUT2D eigenvalue weighted by atomic mass is 9.87. The molecule has 2 unspecified atom stereocenters. The predicted molar refractivity (Wildman–Crippen MR) is 82.9 cm³/mol. The van der Waals surface area contributed by atoms with Gasteiger partial charge in [-0.25, -0.2) is 4.79 Å². The van der Waals surface area contributed by atoms with Gasteiger partial charge < -0.3 is 5.32 Å². The fraction of sp³-hybridized carbons (Fsp3) is 0.529. The number of hydrogen-bond donors (Lipinski definition) is 1. The molecule has 2 rings (SSSR count). The van der Waals surface area contributed by atoms with E-state index in [1.807, 2.05) is 18.2 Å². The van der Waals surface area contributed by atoms with Crippen molar-refractivity contribution in [1.82, 2.24) is 10.2 Å². The zero-order chi connectivity index (χ0) is 15.2. The molecule has 1 N–H and O–H groups in total. The molecule has 0 aliphatic carbocycles. The largest absolute Gasteiger partial charge is 0.326 e. The molecule has 21 heavy (non-hydrogen) atoms. The second kappa shape index (κ2) is 7.25. The molecule has 0 spiro atoms. The van der Waals surface area contributed by atoms with Crippen LogP contribution in [0, 0.1) is 5.92 Å². The van der Waals surface area contributed by atoms with Crippen LogP contribution in [0.3, 0.4) is 0 Å². The maximum absolute atomic E-state index is 12.2. The molecule has 1 aromatic rings. The van der Waals surface area contributed by atoms with Crippen LogP contribution < -0.4 is 5.32 Å². The van der Waals surface area contributed by atoms with Crippen LogP contribution in [0.1, 0.15) is 38.2 Å². The van der Waals surface area contributed by atoms with Crippen molar-refractivity contribution in [3.05, 3.63) is 35.9 Å². The predicted octanol–water partition coefficient (Wildman–Crippen LogP) is 2.98. The number of rotatable bonds is 7. The van der Waals surface area contributed by atoms with Crippen molar-refractivity contribution in [1.29, 1.82) is 0 Å². The van der Waals surface area contributed by atoms with Gasteiger partial charge in [0.2, 0.25) is 0 Å². The highest BCUT2D eigenvalue weighted by Gasteiger charge is 2.39. The van der Waals surface area contributed by atoms with Crippen LogP contribution in [-0.2, 0) is 11.2 Å². The van der Waals surface area contributed by atoms with Gasteiger partial charge in [0, 0.05) is 7.05 Å². The van der Waals surface area contributed by atoms with E-state index in [-0.39, 0.29) is 23.9 Å². The van der Waals surface area contributed by atoms with Crippen molar-refractivity contribution >= 4 is 11.9 Å². The van der Waals surface area contributed by atoms with Crippen molar-refractivity contribution in [2.24, 2.45) is 5.92 Å². The monoisotopic (exact) mass is 288 g/mol. The average Bonchev–Trinajstić information content (AvgIpc) is 2.75. The summed E-state index contributed by atoms with van der Waals surface area (Å²) in [6.07, 6.45) is 5.21. The molecule has 1 aliphatic rings. The Morgan fingerprint density at radius 2 is 1.90 bits per heavy atom. The van der Waals surface area contributed by atoms with E-state index < -0.39 is 0 Å². The maximum atomic E-state index is 12.2. The Labute approximate surface area is 126 Å². The van der Waals surface area contributed by atoms with Crippen molar-refractivity contribution in [3.63, 3.8) is 0 Å². The fourth-order valence-electron chi connectivity index (χ4n) is 2.88. The third kappa shape index (κ3) is 3.84. The fourth-order valence-corrected chi connectivity index (χ4v) is 2.88. The Morgan fingerprint density at radius 1 is 1.19 bits per heavy atom. The highest BCUT2D eigenvalue weighted by atomic mass is 16.2. The van der Waals surface area contributed by atoms with Gasteiger partial charge in [-0.3, -0.25) is 9.69 Å². The molecule has 1 saturated heterocycles. The van der Waals surface area contributed by atoms with E-state index in [9.17, 15) is 9.59 Å². The number of carbonyl (C=O) groups is 2. The van der Waals surface area contributed by atoms with Gasteiger partial charge in [-0.05, 0) is 24.3 Å². The highest BCUT2D eigenvalue weighted by molar-refractivity contribution is 6.04. The molecule has 1 fully saturated rings. The molecular formula is C17H24N2O2. The average molecular weight is 288 g/mol. The quantitative estimate of drug-likeness (QED) is 0.619. The summed E-state index contributed by atoms with van der Waals surface area (Å²) in [4.78, 5) is 25.1. The van der Waals surface area contributed by atoms with Gasteiger partial charge in [0.25, 0.3) is 5.91 Å². The Hall–Kier alpha value is -1.84. The Balaban J connectivity index is 2.08. The Morgan fingerprint density at radius 3 is 2.48 bits per heavy atom. The summed E-state index contributed by atoms with van der Waals surface area (Å²) in [5.41, 5.74) is 1.22. The number of unbranched alkanes of at least 4 members (excludes halogenated alkanes) is 2. The molecule has 0 radical (unpaired) electrons. The van der Waals surface area contributed by atoms with Gasteiger partial charge in [-0.1, -0.05) is 56.5 Å². The van der Waals surface area contributed by atoms with Crippen LogP contribution in [-0.4, -0.2) is 29.9 Å². The number of hydrogen-bond acceptors (Lipinski definition) is 2. The molecule has 4 nitrogen and oxygen atoms in total. The third-order valence-corrected chi connectivity index (χ3v) is 4.17. The Bertz CT molecular complexity index is 487. The van der Waals surface area contributed by atoms with E-state index in [1.165, 1.54) is 10.5 Å². The van der Waals surface area contributed by atoms with E-state index in [0.29, 0.717) is 0 Å². The van der Waals surface area contributed by atoms with Crippen LogP contribution in [0.25, 0.3) is 0 Å². The molecule has 0 aromatic heterocycles. The highest BCUT2D eigenvalue weighted by Crippen LogP contribution is 2.23.